The zero-order valence-corrected chi connectivity index (χ0v) is 11.6. The molecule has 1 amide bonds. The number of carbonyl (C=O) groups is 1. The Bertz CT molecular complexity index is 623. The Morgan fingerprint density at radius 3 is 2.80 bits per heavy atom. The molecule has 2 N–H and O–H groups in total. The van der Waals surface area contributed by atoms with Crippen LogP contribution in [0.5, 0.6) is 0 Å². The van der Waals surface area contributed by atoms with Crippen molar-refractivity contribution in [2.24, 2.45) is 7.05 Å². The summed E-state index contributed by atoms with van der Waals surface area (Å²) in [4.78, 5) is 12.0. The van der Waals surface area contributed by atoms with Gasteiger partial charge in [-0.2, -0.15) is 5.10 Å². The molecule has 0 aliphatic heterocycles. The second-order valence-electron chi connectivity index (χ2n) is 4.74. The van der Waals surface area contributed by atoms with Crippen LogP contribution in [0.4, 0.5) is 15.8 Å². The minimum atomic E-state index is -0.500. The Labute approximate surface area is 116 Å². The predicted octanol–water partition coefficient (Wildman–Crippen LogP) is 2.31. The van der Waals surface area contributed by atoms with Crippen LogP contribution >= 0.6 is 0 Å². The second kappa shape index (κ2) is 5.73. The zero-order chi connectivity index (χ0) is 14.7. The molecule has 2 rings (SSSR count). The van der Waals surface area contributed by atoms with Crippen LogP contribution < -0.4 is 10.6 Å². The smallest absolute Gasteiger partial charge is 0.246 e. The number of halogens is 1. The van der Waals surface area contributed by atoms with Crippen LogP contribution in [0.2, 0.25) is 0 Å². The van der Waals surface area contributed by atoms with E-state index < -0.39 is 11.9 Å². The minimum absolute atomic E-state index is 0.181. The molecule has 0 aliphatic rings. The lowest BCUT2D eigenvalue weighted by atomic mass is 10.2. The molecule has 0 unspecified atom stereocenters. The van der Waals surface area contributed by atoms with Crippen molar-refractivity contribution in [2.45, 2.75) is 19.9 Å². The predicted molar refractivity (Wildman–Crippen MR) is 76.1 cm³/mol. The third kappa shape index (κ3) is 3.34. The van der Waals surface area contributed by atoms with Crippen molar-refractivity contribution in [1.29, 1.82) is 0 Å². The van der Waals surface area contributed by atoms with Gasteiger partial charge in [0.2, 0.25) is 5.91 Å². The first kappa shape index (κ1) is 14.0. The van der Waals surface area contributed by atoms with Crippen molar-refractivity contribution in [3.05, 3.63) is 42.0 Å². The van der Waals surface area contributed by atoms with Gasteiger partial charge in [-0.05, 0) is 31.5 Å². The highest BCUT2D eigenvalue weighted by molar-refractivity contribution is 5.96. The van der Waals surface area contributed by atoms with Gasteiger partial charge in [0.1, 0.15) is 11.9 Å². The minimum Gasteiger partial charge on any atom is -0.371 e. The largest absolute Gasteiger partial charge is 0.371 e. The fourth-order valence-electron chi connectivity index (χ4n) is 1.77. The van der Waals surface area contributed by atoms with Gasteiger partial charge in [-0.1, -0.05) is 6.07 Å². The molecule has 0 saturated carbocycles. The Balaban J connectivity index is 2.00. The highest BCUT2D eigenvalue weighted by Gasteiger charge is 2.15. The van der Waals surface area contributed by atoms with E-state index >= 15 is 0 Å². The zero-order valence-electron chi connectivity index (χ0n) is 11.6. The molecule has 0 bridgehead atoms. The first-order chi connectivity index (χ1) is 9.45. The molecule has 5 nitrogen and oxygen atoms in total. The van der Waals surface area contributed by atoms with Crippen molar-refractivity contribution < 1.29 is 9.18 Å². The van der Waals surface area contributed by atoms with Crippen molar-refractivity contribution in [3.63, 3.8) is 0 Å². The summed E-state index contributed by atoms with van der Waals surface area (Å²) in [5.74, 6) is -0.747. The second-order valence-corrected chi connectivity index (χ2v) is 4.74. The maximum Gasteiger partial charge on any atom is 0.246 e. The average molecular weight is 276 g/mol. The molecule has 0 fully saturated rings. The molecule has 1 aromatic heterocycles. The highest BCUT2D eigenvalue weighted by Crippen LogP contribution is 2.16. The van der Waals surface area contributed by atoms with Crippen molar-refractivity contribution in [3.8, 4) is 0 Å². The number of hydrogen-bond donors (Lipinski definition) is 2. The first-order valence-corrected chi connectivity index (χ1v) is 6.28. The number of amides is 1. The molecule has 0 spiro atoms. The van der Waals surface area contributed by atoms with Crippen LogP contribution in [0, 0.1) is 12.7 Å². The van der Waals surface area contributed by atoms with Crippen molar-refractivity contribution in [1.82, 2.24) is 9.78 Å². The average Bonchev–Trinajstić information content (AvgIpc) is 2.78. The molecule has 0 radical (unpaired) electrons. The number of rotatable bonds is 4. The number of nitrogens with zero attached hydrogens (tertiary/aromatic N) is 2. The Kier molecular flexibility index (Phi) is 4.02. The lowest BCUT2D eigenvalue weighted by Gasteiger charge is -2.14. The SMILES string of the molecule is Cc1ccc(NC(=O)[C@H](C)Nc2cnn(C)c2)c(F)c1. The Morgan fingerprint density at radius 2 is 2.20 bits per heavy atom. The fourth-order valence-corrected chi connectivity index (χ4v) is 1.77. The van der Waals surface area contributed by atoms with Gasteiger partial charge >= 0.3 is 0 Å². The van der Waals surface area contributed by atoms with E-state index in [0.717, 1.165) is 11.3 Å². The summed E-state index contributed by atoms with van der Waals surface area (Å²) in [7, 11) is 1.79. The summed E-state index contributed by atoms with van der Waals surface area (Å²) in [6.07, 6.45) is 3.38. The van der Waals surface area contributed by atoms with Crippen LogP contribution in [0.1, 0.15) is 12.5 Å². The van der Waals surface area contributed by atoms with E-state index in [1.807, 2.05) is 0 Å². The van der Waals surface area contributed by atoms with Crippen LogP contribution in [0.3, 0.4) is 0 Å². The Morgan fingerprint density at radius 1 is 1.45 bits per heavy atom. The van der Waals surface area contributed by atoms with E-state index in [-0.39, 0.29) is 11.6 Å². The van der Waals surface area contributed by atoms with Gasteiger partial charge < -0.3 is 10.6 Å². The topological polar surface area (TPSA) is 59.0 Å². The molecule has 1 aromatic carbocycles. The number of anilines is 2. The van der Waals surface area contributed by atoms with Crippen LogP contribution in [0.15, 0.2) is 30.6 Å². The number of aryl methyl sites for hydroxylation is 2. The van der Waals surface area contributed by atoms with E-state index in [9.17, 15) is 9.18 Å². The highest BCUT2D eigenvalue weighted by atomic mass is 19.1. The number of hydrogen-bond acceptors (Lipinski definition) is 3. The maximum absolute atomic E-state index is 13.7. The fraction of sp³-hybridized carbons (Fsp3) is 0.286. The normalized spacial score (nSPS) is 12.0. The van der Waals surface area contributed by atoms with E-state index in [2.05, 4.69) is 15.7 Å². The molecule has 106 valence electrons. The summed E-state index contributed by atoms with van der Waals surface area (Å²) in [6, 6.07) is 4.19. The van der Waals surface area contributed by atoms with E-state index in [4.69, 9.17) is 0 Å². The van der Waals surface area contributed by atoms with Gasteiger partial charge in [-0.15, -0.1) is 0 Å². The molecule has 6 heteroatoms. The summed E-state index contributed by atoms with van der Waals surface area (Å²) in [5, 5.41) is 9.56. The first-order valence-electron chi connectivity index (χ1n) is 6.28. The number of benzene rings is 1. The molecular weight excluding hydrogens is 259 g/mol. The lowest BCUT2D eigenvalue weighted by Crippen LogP contribution is -2.32. The molecule has 1 atom stereocenters. The van der Waals surface area contributed by atoms with Gasteiger partial charge in [0.15, 0.2) is 0 Å². The van der Waals surface area contributed by atoms with Gasteiger partial charge in [-0.3, -0.25) is 9.48 Å². The van der Waals surface area contributed by atoms with Crippen molar-refractivity contribution in [2.75, 3.05) is 10.6 Å². The third-order valence-electron chi connectivity index (χ3n) is 2.86. The molecular formula is C14H17FN4O. The summed E-state index contributed by atoms with van der Waals surface area (Å²) >= 11 is 0. The standard InChI is InChI=1S/C14H17FN4O/c1-9-4-5-13(12(15)6-9)18-14(20)10(2)17-11-7-16-19(3)8-11/h4-8,10,17H,1-3H3,(H,18,20)/t10-/m0/s1. The number of nitrogens with one attached hydrogen (secondary N) is 2. The van der Waals surface area contributed by atoms with Crippen LogP contribution in [-0.2, 0) is 11.8 Å². The van der Waals surface area contributed by atoms with E-state index in [1.165, 1.54) is 6.07 Å². The van der Waals surface area contributed by atoms with E-state index in [0.29, 0.717) is 0 Å². The Hall–Kier alpha value is -2.37. The monoisotopic (exact) mass is 276 g/mol. The van der Waals surface area contributed by atoms with Gasteiger partial charge in [-0.25, -0.2) is 4.39 Å². The van der Waals surface area contributed by atoms with Crippen LogP contribution in [0.25, 0.3) is 0 Å². The third-order valence-corrected chi connectivity index (χ3v) is 2.86. The summed E-state index contributed by atoms with van der Waals surface area (Å²) in [6.45, 7) is 3.50. The number of aromatic nitrogens is 2. The molecule has 0 saturated heterocycles. The number of carbonyl (C=O) groups excluding carboxylic acids is 1. The van der Waals surface area contributed by atoms with Gasteiger partial charge in [0.25, 0.3) is 0 Å². The summed E-state index contributed by atoms with van der Waals surface area (Å²) in [5.41, 5.74) is 1.72. The van der Waals surface area contributed by atoms with Crippen LogP contribution in [-0.4, -0.2) is 21.7 Å². The summed E-state index contributed by atoms with van der Waals surface area (Å²) < 4.78 is 15.3. The van der Waals surface area contributed by atoms with Gasteiger partial charge in [0, 0.05) is 13.2 Å². The van der Waals surface area contributed by atoms with E-state index in [1.54, 1.807) is 50.1 Å². The van der Waals surface area contributed by atoms with Gasteiger partial charge in [0.05, 0.1) is 17.6 Å². The molecule has 1 heterocycles. The molecule has 0 aliphatic carbocycles. The quantitative estimate of drug-likeness (QED) is 0.901. The maximum atomic E-state index is 13.7. The lowest BCUT2D eigenvalue weighted by molar-refractivity contribution is -0.116. The van der Waals surface area contributed by atoms with Crippen molar-refractivity contribution >= 4 is 17.3 Å². The molecule has 20 heavy (non-hydrogen) atoms. The molecule has 2 aromatic rings.